The van der Waals surface area contributed by atoms with Crippen LogP contribution in [0, 0.1) is 0 Å². The van der Waals surface area contributed by atoms with Crippen molar-refractivity contribution in [2.75, 3.05) is 11.6 Å². The number of aromatic nitrogens is 2. The minimum atomic E-state index is -4.67. The zero-order chi connectivity index (χ0) is 20.5. The maximum absolute atomic E-state index is 13.0. The minimum Gasteiger partial charge on any atom is -0.399 e. The highest BCUT2D eigenvalue weighted by Crippen LogP contribution is 2.36. The second kappa shape index (κ2) is 7.49. The number of alkyl halides is 3. The molecule has 1 aromatic carbocycles. The van der Waals surface area contributed by atoms with Crippen molar-refractivity contribution in [3.63, 3.8) is 0 Å². The average Bonchev–Trinajstić information content (AvgIpc) is 2.67. The van der Waals surface area contributed by atoms with E-state index in [0.717, 1.165) is 17.0 Å². The van der Waals surface area contributed by atoms with Crippen molar-refractivity contribution in [3.8, 4) is 0 Å². The van der Waals surface area contributed by atoms with E-state index in [4.69, 9.17) is 23.2 Å². The van der Waals surface area contributed by atoms with Crippen molar-refractivity contribution < 1.29 is 18.0 Å². The van der Waals surface area contributed by atoms with E-state index in [1.54, 1.807) is 0 Å². The normalized spacial score (nSPS) is 14.4. The Kier molecular flexibility index (Phi) is 5.25. The third-order valence-electron chi connectivity index (χ3n) is 3.93. The van der Waals surface area contributed by atoms with Crippen LogP contribution in [0.3, 0.4) is 0 Å². The third-order valence-corrected chi connectivity index (χ3v) is 4.34. The Hall–Kier alpha value is -3.11. The van der Waals surface area contributed by atoms with Crippen molar-refractivity contribution in [3.05, 3.63) is 76.6 Å². The summed E-state index contributed by atoms with van der Waals surface area (Å²) in [5.41, 5.74) is 5.24. The lowest BCUT2D eigenvalue weighted by Crippen LogP contribution is -2.39. The first kappa shape index (κ1) is 19.6. The zero-order valence-corrected chi connectivity index (χ0v) is 14.9. The lowest BCUT2D eigenvalue weighted by atomic mass is 10.1. The molecule has 0 atom stereocenters. The Labute approximate surface area is 162 Å². The number of anilines is 1. The van der Waals surface area contributed by atoms with Gasteiger partial charge in [-0.3, -0.25) is 14.8 Å². The number of hydrogen-bond donors (Lipinski definition) is 2. The third kappa shape index (κ3) is 3.78. The Morgan fingerprint density at radius 2 is 2.04 bits per heavy atom. The van der Waals surface area contributed by atoms with Crippen molar-refractivity contribution in [1.29, 1.82) is 0 Å². The van der Waals surface area contributed by atoms with Gasteiger partial charge in [0.2, 0.25) is 0 Å². The van der Waals surface area contributed by atoms with Gasteiger partial charge in [-0.25, -0.2) is 10.8 Å². The zero-order valence-electron chi connectivity index (χ0n) is 14.2. The van der Waals surface area contributed by atoms with Crippen LogP contribution < -0.4 is 16.6 Å². The molecule has 4 N–H and O–H groups in total. The molecular weight excluding hydrogens is 397 g/mol. The van der Waals surface area contributed by atoms with Gasteiger partial charge in [0.1, 0.15) is 0 Å². The highest BCUT2D eigenvalue weighted by atomic mass is 35.5. The number of nitrogens with two attached hydrogens (primary N) is 2. The Bertz CT molecular complexity index is 961. The predicted molar refractivity (Wildman–Crippen MR) is 96.5 cm³/mol. The number of halogens is 4. The van der Waals surface area contributed by atoms with Gasteiger partial charge in [0, 0.05) is 18.6 Å². The maximum atomic E-state index is 13.0. The van der Waals surface area contributed by atoms with Crippen LogP contribution in [0.15, 0.2) is 60.5 Å². The van der Waals surface area contributed by atoms with E-state index in [2.05, 4.69) is 9.97 Å². The number of hydrazine groups is 1. The molecule has 0 unspecified atom stereocenters. The smallest absolute Gasteiger partial charge is 0.399 e. The first-order valence-corrected chi connectivity index (χ1v) is 8.22. The van der Waals surface area contributed by atoms with Crippen molar-refractivity contribution in [2.45, 2.75) is 6.18 Å². The van der Waals surface area contributed by atoms with Crippen LogP contribution in [0.1, 0.15) is 15.9 Å². The number of carbonyl (C=O) groups is 1. The summed E-state index contributed by atoms with van der Waals surface area (Å²) in [6.45, 7) is -0.0921. The van der Waals surface area contributed by atoms with Crippen LogP contribution in [0.25, 0.3) is 0 Å². The van der Waals surface area contributed by atoms with E-state index in [-0.39, 0.29) is 17.8 Å². The van der Waals surface area contributed by atoms with Crippen LogP contribution >= 0.6 is 11.6 Å². The lowest BCUT2D eigenvalue weighted by molar-refractivity contribution is -0.137. The molecule has 28 heavy (non-hydrogen) atoms. The highest BCUT2D eigenvalue weighted by molar-refractivity contribution is 6.34. The molecule has 11 heteroatoms. The van der Waals surface area contributed by atoms with Gasteiger partial charge < -0.3 is 10.6 Å². The fourth-order valence-corrected chi connectivity index (χ4v) is 2.88. The molecular formula is C17H14ClF3N6O. The molecule has 1 aliphatic rings. The predicted octanol–water partition coefficient (Wildman–Crippen LogP) is 2.67. The highest BCUT2D eigenvalue weighted by Gasteiger charge is 2.35. The molecule has 0 radical (unpaired) electrons. The van der Waals surface area contributed by atoms with Gasteiger partial charge in [-0.05, 0) is 18.2 Å². The summed E-state index contributed by atoms with van der Waals surface area (Å²) in [6.07, 6.45) is 2.49. The number of benzene rings is 1. The molecule has 2 aromatic rings. The summed E-state index contributed by atoms with van der Waals surface area (Å²) in [7, 11) is 0. The standard InChI is InChI=1S/C17H14ClF3N6O/c18-15-10(2-1-3-11(15)17(19,20)21)16(28)26-7-4-13(12(22)9-26)27(23)14-8-24-5-6-25-14/h1-8H,9,22-23H2. The topological polar surface area (TPSA) is 101 Å². The summed E-state index contributed by atoms with van der Waals surface area (Å²) >= 11 is 5.82. The van der Waals surface area contributed by atoms with E-state index < -0.39 is 22.7 Å². The van der Waals surface area contributed by atoms with E-state index in [0.29, 0.717) is 11.5 Å². The van der Waals surface area contributed by atoms with Gasteiger partial charge in [-0.2, -0.15) is 13.2 Å². The van der Waals surface area contributed by atoms with Crippen LogP contribution in [-0.4, -0.2) is 27.3 Å². The molecule has 7 nitrogen and oxygen atoms in total. The summed E-state index contributed by atoms with van der Waals surface area (Å²) in [5.74, 6) is 5.58. The van der Waals surface area contributed by atoms with Gasteiger partial charge in [-0.15, -0.1) is 0 Å². The summed E-state index contributed by atoms with van der Waals surface area (Å²) in [5, 5.41) is 0.527. The molecule has 146 valence electrons. The molecule has 0 spiro atoms. The van der Waals surface area contributed by atoms with Crippen molar-refractivity contribution in [1.82, 2.24) is 14.9 Å². The largest absolute Gasteiger partial charge is 0.417 e. The van der Waals surface area contributed by atoms with Gasteiger partial charge in [-0.1, -0.05) is 17.7 Å². The van der Waals surface area contributed by atoms with Gasteiger partial charge >= 0.3 is 6.18 Å². The SMILES string of the molecule is NC1=C(N(N)c2cnccn2)C=CN(C(=O)c2cccc(C(F)(F)F)c2Cl)C1. The Morgan fingerprint density at radius 1 is 1.29 bits per heavy atom. The fraction of sp³-hybridized carbons (Fsp3) is 0.118. The van der Waals surface area contributed by atoms with Crippen LogP contribution in [0.2, 0.25) is 5.02 Å². The molecule has 3 rings (SSSR count). The van der Waals surface area contributed by atoms with Crippen LogP contribution in [-0.2, 0) is 6.18 Å². The number of carbonyl (C=O) groups excluding carboxylic acids is 1. The number of hydrogen-bond acceptors (Lipinski definition) is 6. The fourth-order valence-electron chi connectivity index (χ4n) is 2.57. The minimum absolute atomic E-state index is 0.0921. The summed E-state index contributed by atoms with van der Waals surface area (Å²) < 4.78 is 39.0. The van der Waals surface area contributed by atoms with Crippen LogP contribution in [0.5, 0.6) is 0 Å². The molecule has 1 amide bonds. The van der Waals surface area contributed by atoms with E-state index in [1.165, 1.54) is 41.9 Å². The molecule has 1 aliphatic heterocycles. The first-order chi connectivity index (χ1) is 13.2. The number of allylic oxidation sites excluding steroid dienone is 1. The second-order valence-electron chi connectivity index (χ2n) is 5.76. The Balaban J connectivity index is 1.84. The monoisotopic (exact) mass is 410 g/mol. The Morgan fingerprint density at radius 3 is 2.64 bits per heavy atom. The molecule has 1 aromatic heterocycles. The number of rotatable bonds is 3. The van der Waals surface area contributed by atoms with Gasteiger partial charge in [0.25, 0.3) is 5.91 Å². The molecule has 0 saturated carbocycles. The van der Waals surface area contributed by atoms with Gasteiger partial charge in [0.05, 0.1) is 40.3 Å². The lowest BCUT2D eigenvalue weighted by Gasteiger charge is -2.28. The van der Waals surface area contributed by atoms with Crippen molar-refractivity contribution >= 4 is 23.3 Å². The van der Waals surface area contributed by atoms with Crippen LogP contribution in [0.4, 0.5) is 19.0 Å². The van der Waals surface area contributed by atoms with E-state index >= 15 is 0 Å². The molecule has 0 fully saturated rings. The summed E-state index contributed by atoms with van der Waals surface area (Å²) in [6, 6.07) is 3.15. The second-order valence-corrected chi connectivity index (χ2v) is 6.14. The number of amides is 1. The summed E-state index contributed by atoms with van der Waals surface area (Å²) in [4.78, 5) is 21.8. The maximum Gasteiger partial charge on any atom is 0.417 e. The van der Waals surface area contributed by atoms with Gasteiger partial charge in [0.15, 0.2) is 5.82 Å². The molecule has 0 aliphatic carbocycles. The first-order valence-electron chi connectivity index (χ1n) is 7.84. The molecule has 0 bridgehead atoms. The van der Waals surface area contributed by atoms with Crippen molar-refractivity contribution in [2.24, 2.45) is 11.6 Å². The van der Waals surface area contributed by atoms with E-state index in [9.17, 15) is 18.0 Å². The molecule has 2 heterocycles. The van der Waals surface area contributed by atoms with E-state index in [1.807, 2.05) is 0 Å². The number of nitrogens with zero attached hydrogens (tertiary/aromatic N) is 4. The molecule has 0 saturated heterocycles. The average molecular weight is 411 g/mol. The quantitative estimate of drug-likeness (QED) is 0.596.